The summed E-state index contributed by atoms with van der Waals surface area (Å²) in [6.07, 6.45) is 0.353. The molecule has 1 saturated heterocycles. The molecule has 0 amide bonds. The number of halogens is 1. The van der Waals surface area contributed by atoms with Crippen molar-refractivity contribution in [3.63, 3.8) is 0 Å². The highest BCUT2D eigenvalue weighted by molar-refractivity contribution is 6.30. The van der Waals surface area contributed by atoms with Crippen molar-refractivity contribution in [1.29, 1.82) is 0 Å². The summed E-state index contributed by atoms with van der Waals surface area (Å²) in [6.45, 7) is 10.6. The van der Waals surface area contributed by atoms with Gasteiger partial charge in [-0.2, -0.15) is 0 Å². The molecule has 0 unspecified atom stereocenters. The normalized spacial score (nSPS) is 21.2. The second-order valence-corrected chi connectivity index (χ2v) is 10.7. The molecule has 0 spiro atoms. The molecule has 1 fully saturated rings. The minimum Gasteiger partial charge on any atom is -0.489 e. The van der Waals surface area contributed by atoms with Gasteiger partial charge in [-0.05, 0) is 60.7 Å². The van der Waals surface area contributed by atoms with Crippen molar-refractivity contribution < 1.29 is 24.1 Å². The predicted molar refractivity (Wildman–Crippen MR) is 150 cm³/mol. The van der Waals surface area contributed by atoms with Crippen LogP contribution in [-0.4, -0.2) is 23.8 Å². The van der Waals surface area contributed by atoms with Gasteiger partial charge in [0.05, 0.1) is 12.2 Å². The van der Waals surface area contributed by atoms with Crippen LogP contribution in [0.5, 0.6) is 11.5 Å². The van der Waals surface area contributed by atoms with E-state index in [4.69, 9.17) is 25.8 Å². The van der Waals surface area contributed by atoms with Gasteiger partial charge in [-0.25, -0.2) is 4.79 Å². The van der Waals surface area contributed by atoms with E-state index >= 15 is 0 Å². The Labute approximate surface area is 230 Å². The topological polar surface area (TPSA) is 65.0 Å². The zero-order valence-corrected chi connectivity index (χ0v) is 22.9. The van der Waals surface area contributed by atoms with E-state index in [2.05, 4.69) is 26.5 Å². The number of carbonyl (C=O) groups is 1. The van der Waals surface area contributed by atoms with E-state index in [0.717, 1.165) is 28.7 Å². The first kappa shape index (κ1) is 27.7. The lowest BCUT2D eigenvalue weighted by atomic mass is 9.73. The maximum Gasteiger partial charge on any atom is 0.341 e. The number of benzene rings is 3. The van der Waals surface area contributed by atoms with Crippen molar-refractivity contribution in [2.45, 2.75) is 51.9 Å². The quantitative estimate of drug-likeness (QED) is 0.268. The maximum absolute atomic E-state index is 11.3. The Balaban J connectivity index is 1.70. The van der Waals surface area contributed by atoms with Gasteiger partial charge in [-0.3, -0.25) is 0 Å². The molecule has 3 aromatic rings. The zero-order chi connectivity index (χ0) is 27.2. The van der Waals surface area contributed by atoms with Gasteiger partial charge < -0.3 is 19.3 Å². The maximum atomic E-state index is 11.3. The van der Waals surface area contributed by atoms with E-state index in [-0.39, 0.29) is 30.0 Å². The molecular formula is C32H35ClO5. The summed E-state index contributed by atoms with van der Waals surface area (Å²) >= 11 is 6.35. The summed E-state index contributed by atoms with van der Waals surface area (Å²) < 4.78 is 18.7. The molecule has 1 heterocycles. The van der Waals surface area contributed by atoms with E-state index in [0.29, 0.717) is 23.1 Å². The highest BCUT2D eigenvalue weighted by Gasteiger charge is 2.42. The van der Waals surface area contributed by atoms with Crippen LogP contribution in [0.25, 0.3) is 0 Å². The first-order valence-corrected chi connectivity index (χ1v) is 13.3. The molecule has 0 bridgehead atoms. The number of hydrogen-bond acceptors (Lipinski definition) is 4. The van der Waals surface area contributed by atoms with Crippen LogP contribution in [0.3, 0.4) is 0 Å². The van der Waals surface area contributed by atoms with Gasteiger partial charge in [0.15, 0.2) is 6.61 Å². The second kappa shape index (κ2) is 12.5. The minimum absolute atomic E-state index is 0.0227. The summed E-state index contributed by atoms with van der Waals surface area (Å²) in [4.78, 5) is 11.3. The fraction of sp³-hybridized carbons (Fsp3) is 0.344. The average molecular weight is 535 g/mol. The van der Waals surface area contributed by atoms with E-state index in [1.807, 2.05) is 61.5 Å². The molecule has 0 saturated carbocycles. The molecule has 200 valence electrons. The molecule has 1 N–H and O–H groups in total. The van der Waals surface area contributed by atoms with Crippen LogP contribution in [0.2, 0.25) is 5.02 Å². The third-order valence-electron chi connectivity index (χ3n) is 7.03. The van der Waals surface area contributed by atoms with E-state index < -0.39 is 12.6 Å². The SMILES string of the molecule is C=C(C)[C@H]1C[C@@H](c2cccc(Cl)c2)[C@H](C(C)C)O[C@@H]1c1cc(OCc2ccccc2)ccc1OCC(=O)O. The largest absolute Gasteiger partial charge is 0.489 e. The molecular weight excluding hydrogens is 500 g/mol. The first-order valence-electron chi connectivity index (χ1n) is 12.9. The fourth-order valence-corrected chi connectivity index (χ4v) is 5.37. The number of rotatable bonds is 10. The Bertz CT molecular complexity index is 1260. The van der Waals surface area contributed by atoms with Crippen molar-refractivity contribution in [2.75, 3.05) is 6.61 Å². The highest BCUT2D eigenvalue weighted by atomic mass is 35.5. The molecule has 5 nitrogen and oxygen atoms in total. The Morgan fingerprint density at radius 2 is 1.84 bits per heavy atom. The smallest absolute Gasteiger partial charge is 0.341 e. The molecule has 3 aromatic carbocycles. The molecule has 6 heteroatoms. The highest BCUT2D eigenvalue weighted by Crippen LogP contribution is 2.50. The van der Waals surface area contributed by atoms with Crippen molar-refractivity contribution in [2.24, 2.45) is 11.8 Å². The molecule has 1 aliphatic rings. The van der Waals surface area contributed by atoms with Gasteiger partial charge in [0, 0.05) is 22.4 Å². The summed E-state index contributed by atoms with van der Waals surface area (Å²) in [7, 11) is 0. The number of ether oxygens (including phenoxy) is 3. The van der Waals surface area contributed by atoms with Gasteiger partial charge >= 0.3 is 5.97 Å². The second-order valence-electron chi connectivity index (χ2n) is 10.3. The lowest BCUT2D eigenvalue weighted by molar-refractivity contribution is -0.139. The van der Waals surface area contributed by atoms with Gasteiger partial charge in [-0.1, -0.05) is 80.1 Å². The predicted octanol–water partition coefficient (Wildman–Crippen LogP) is 7.84. The Kier molecular flexibility index (Phi) is 9.13. The number of carboxylic acid groups (broad SMARTS) is 1. The van der Waals surface area contributed by atoms with Crippen molar-refractivity contribution >= 4 is 17.6 Å². The van der Waals surface area contributed by atoms with Gasteiger partial charge in [0.1, 0.15) is 18.1 Å². The van der Waals surface area contributed by atoms with E-state index in [9.17, 15) is 9.90 Å². The summed E-state index contributed by atoms with van der Waals surface area (Å²) in [6, 6.07) is 23.4. The van der Waals surface area contributed by atoms with Crippen LogP contribution in [0.4, 0.5) is 0 Å². The fourth-order valence-electron chi connectivity index (χ4n) is 5.18. The minimum atomic E-state index is -1.04. The molecule has 1 aliphatic heterocycles. The monoisotopic (exact) mass is 534 g/mol. The van der Waals surface area contributed by atoms with Gasteiger partial charge in [-0.15, -0.1) is 0 Å². The van der Waals surface area contributed by atoms with Crippen LogP contribution < -0.4 is 9.47 Å². The van der Waals surface area contributed by atoms with Crippen LogP contribution in [0.1, 0.15) is 55.9 Å². The average Bonchev–Trinajstić information content (AvgIpc) is 2.90. The molecule has 4 rings (SSSR count). The number of hydrogen-bond donors (Lipinski definition) is 1. The van der Waals surface area contributed by atoms with Crippen LogP contribution in [-0.2, 0) is 16.1 Å². The summed E-state index contributed by atoms with van der Waals surface area (Å²) in [5, 5.41) is 9.97. The van der Waals surface area contributed by atoms with Crippen LogP contribution in [0, 0.1) is 11.8 Å². The van der Waals surface area contributed by atoms with Crippen LogP contribution >= 0.6 is 11.6 Å². The zero-order valence-electron chi connectivity index (χ0n) is 22.1. The van der Waals surface area contributed by atoms with E-state index in [1.165, 1.54) is 0 Å². The lowest BCUT2D eigenvalue weighted by Crippen LogP contribution is -2.39. The van der Waals surface area contributed by atoms with Crippen molar-refractivity contribution in [3.05, 3.63) is 107 Å². The van der Waals surface area contributed by atoms with Crippen molar-refractivity contribution in [3.8, 4) is 11.5 Å². The summed E-state index contributed by atoms with van der Waals surface area (Å²) in [5.41, 5.74) is 3.95. The number of aliphatic carboxylic acids is 1. The van der Waals surface area contributed by atoms with E-state index in [1.54, 1.807) is 12.1 Å². The summed E-state index contributed by atoms with van der Waals surface area (Å²) in [5.74, 6) is 0.432. The Morgan fingerprint density at radius 3 is 2.50 bits per heavy atom. The van der Waals surface area contributed by atoms with Gasteiger partial charge in [0.2, 0.25) is 0 Å². The molecule has 4 atom stereocenters. The standard InChI is InChI=1S/C32H35ClO5/c1-20(2)26-17-27(23-11-8-12-24(33)15-23)31(21(3)4)38-32(26)28-16-25(13-14-29(28)37-19-30(34)35)36-18-22-9-6-5-7-10-22/h5-16,21,26-27,31-32H,1,17-19H2,2-4H3,(H,34,35)/t26-,27+,31+,32+/m1/s1. The third kappa shape index (κ3) is 6.77. The van der Waals surface area contributed by atoms with Crippen molar-refractivity contribution in [1.82, 2.24) is 0 Å². The van der Waals surface area contributed by atoms with Gasteiger partial charge in [0.25, 0.3) is 0 Å². The molecule has 0 aliphatic carbocycles. The Morgan fingerprint density at radius 1 is 1.08 bits per heavy atom. The molecule has 0 aromatic heterocycles. The third-order valence-corrected chi connectivity index (χ3v) is 7.26. The Hall–Kier alpha value is -3.28. The lowest BCUT2D eigenvalue weighted by Gasteiger charge is -2.44. The first-order chi connectivity index (χ1) is 18.2. The molecule has 0 radical (unpaired) electrons. The molecule has 38 heavy (non-hydrogen) atoms. The van der Waals surface area contributed by atoms with Crippen LogP contribution in [0.15, 0.2) is 84.9 Å². The number of carboxylic acids is 1.